The van der Waals surface area contributed by atoms with Gasteiger partial charge in [0.1, 0.15) is 4.83 Å². The van der Waals surface area contributed by atoms with Crippen LogP contribution in [0.1, 0.15) is 23.0 Å². The normalized spacial score (nSPS) is 10.9. The number of benzene rings is 1. The van der Waals surface area contributed by atoms with E-state index in [1.165, 1.54) is 18.3 Å². The molecule has 0 unspecified atom stereocenters. The summed E-state index contributed by atoms with van der Waals surface area (Å²) in [5.74, 6) is -0.0884. The number of Topliss-reactive ketones (excluding diaryl/α,β-unsaturated/α-hetero) is 1. The van der Waals surface area contributed by atoms with E-state index < -0.39 is 0 Å². The second kappa shape index (κ2) is 4.72. The first kappa shape index (κ1) is 12.8. The lowest BCUT2D eigenvalue weighted by molar-refractivity contribution is 0.101. The summed E-state index contributed by atoms with van der Waals surface area (Å²) in [6.07, 6.45) is 0. The molecule has 0 saturated heterocycles. The van der Waals surface area contributed by atoms with E-state index in [4.69, 9.17) is 0 Å². The topological polar surface area (TPSA) is 38.5 Å². The molecule has 3 nitrogen and oxygen atoms in total. The highest BCUT2D eigenvalue weighted by atomic mass is 32.1. The summed E-state index contributed by atoms with van der Waals surface area (Å²) >= 11 is 1.47. The van der Waals surface area contributed by atoms with Crippen molar-refractivity contribution in [3.63, 3.8) is 0 Å². The fourth-order valence-corrected chi connectivity index (χ4v) is 3.28. The molecule has 0 N–H and O–H groups in total. The highest BCUT2D eigenvalue weighted by Crippen LogP contribution is 2.24. The third-order valence-corrected chi connectivity index (χ3v) is 4.32. The summed E-state index contributed by atoms with van der Waals surface area (Å²) in [5, 5.41) is 1.93. The largest absolute Gasteiger partial charge is 0.294 e. The highest BCUT2D eigenvalue weighted by molar-refractivity contribution is 7.15. The smallest absolute Gasteiger partial charge is 0.264 e. The predicted molar refractivity (Wildman–Crippen MR) is 81.7 cm³/mol. The van der Waals surface area contributed by atoms with Crippen molar-refractivity contribution in [3.8, 4) is 11.1 Å². The number of thiazole rings is 1. The van der Waals surface area contributed by atoms with Gasteiger partial charge in [-0.25, -0.2) is 0 Å². The Kier molecular flexibility index (Phi) is 3.03. The molecule has 0 fully saturated rings. The van der Waals surface area contributed by atoms with Crippen molar-refractivity contribution in [1.82, 2.24) is 4.40 Å². The number of hydrogen-bond donors (Lipinski definition) is 0. The zero-order valence-corrected chi connectivity index (χ0v) is 12.0. The van der Waals surface area contributed by atoms with Crippen molar-refractivity contribution in [2.45, 2.75) is 13.8 Å². The summed E-state index contributed by atoms with van der Waals surface area (Å²) in [4.78, 5) is 25.5. The van der Waals surface area contributed by atoms with Gasteiger partial charge in [0.15, 0.2) is 5.78 Å². The number of pyridine rings is 1. The molecule has 0 amide bonds. The molecule has 0 bridgehead atoms. The van der Waals surface area contributed by atoms with Gasteiger partial charge >= 0.3 is 0 Å². The van der Waals surface area contributed by atoms with Crippen LogP contribution >= 0.6 is 11.3 Å². The van der Waals surface area contributed by atoms with Crippen LogP contribution in [0.2, 0.25) is 0 Å². The van der Waals surface area contributed by atoms with Crippen LogP contribution in [0.4, 0.5) is 0 Å². The average molecular weight is 283 g/mol. The molecule has 20 heavy (non-hydrogen) atoms. The van der Waals surface area contributed by atoms with Crippen molar-refractivity contribution < 1.29 is 4.79 Å². The quantitative estimate of drug-likeness (QED) is 0.675. The van der Waals surface area contributed by atoms with E-state index in [1.54, 1.807) is 4.40 Å². The molecule has 0 aliphatic rings. The summed E-state index contributed by atoms with van der Waals surface area (Å²) < 4.78 is 1.67. The Hall–Kier alpha value is -2.20. The van der Waals surface area contributed by atoms with Crippen molar-refractivity contribution >= 4 is 22.0 Å². The first-order valence-corrected chi connectivity index (χ1v) is 7.18. The molecular formula is C16H13NO2S. The third-order valence-electron chi connectivity index (χ3n) is 3.32. The monoisotopic (exact) mass is 283 g/mol. The number of carbonyl (C=O) groups is 1. The van der Waals surface area contributed by atoms with Gasteiger partial charge in [-0.2, -0.15) is 0 Å². The number of nitrogens with zero attached hydrogens (tertiary/aromatic N) is 1. The zero-order valence-electron chi connectivity index (χ0n) is 11.2. The molecule has 100 valence electrons. The lowest BCUT2D eigenvalue weighted by Crippen LogP contribution is -2.19. The molecule has 2 aromatic heterocycles. The Morgan fingerprint density at radius 1 is 1.20 bits per heavy atom. The maximum atomic E-state index is 12.8. The van der Waals surface area contributed by atoms with E-state index in [1.807, 2.05) is 48.7 Å². The van der Waals surface area contributed by atoms with Crippen LogP contribution in [0.15, 0.2) is 46.6 Å². The van der Waals surface area contributed by atoms with Gasteiger partial charge in [-0.05, 0) is 25.5 Å². The second-order valence-corrected chi connectivity index (χ2v) is 5.60. The summed E-state index contributed by atoms with van der Waals surface area (Å²) in [7, 11) is 0. The van der Waals surface area contributed by atoms with Crippen LogP contribution in [-0.2, 0) is 0 Å². The molecule has 0 spiro atoms. The standard InChI is InChI=1S/C16H13NO2S/c1-10-9-20-14-8-13(11(2)18)15(16(19)17(10)14)12-6-4-3-5-7-12/h3-9H,1-2H3. The fraction of sp³-hybridized carbons (Fsp3) is 0.125. The van der Waals surface area contributed by atoms with Gasteiger partial charge in [0.25, 0.3) is 5.56 Å². The van der Waals surface area contributed by atoms with Gasteiger partial charge < -0.3 is 0 Å². The minimum atomic E-state index is -0.127. The van der Waals surface area contributed by atoms with Gasteiger partial charge in [-0.15, -0.1) is 11.3 Å². The lowest BCUT2D eigenvalue weighted by atomic mass is 9.99. The number of carbonyl (C=O) groups excluding carboxylic acids is 1. The molecule has 1 aromatic carbocycles. The summed E-state index contributed by atoms with van der Waals surface area (Å²) in [6.45, 7) is 3.39. The molecule has 3 aromatic rings. The number of ketones is 1. The number of aromatic nitrogens is 1. The maximum absolute atomic E-state index is 12.8. The van der Waals surface area contributed by atoms with Gasteiger partial charge in [0.05, 0.1) is 5.56 Å². The van der Waals surface area contributed by atoms with Crippen LogP contribution in [0.25, 0.3) is 16.0 Å². The van der Waals surface area contributed by atoms with Crippen molar-refractivity contribution in [2.75, 3.05) is 0 Å². The fourth-order valence-electron chi connectivity index (χ4n) is 2.37. The molecule has 0 aliphatic heterocycles. The third kappa shape index (κ3) is 1.89. The van der Waals surface area contributed by atoms with E-state index >= 15 is 0 Å². The number of fused-ring (bicyclic) bond motifs is 1. The Labute approximate surface area is 120 Å². The average Bonchev–Trinajstić information content (AvgIpc) is 2.81. The summed E-state index contributed by atoms with van der Waals surface area (Å²) in [6, 6.07) is 11.2. The van der Waals surface area contributed by atoms with Gasteiger partial charge in [-0.3, -0.25) is 14.0 Å². The van der Waals surface area contributed by atoms with E-state index in [2.05, 4.69) is 0 Å². The van der Waals surface area contributed by atoms with E-state index in [-0.39, 0.29) is 11.3 Å². The minimum Gasteiger partial charge on any atom is -0.294 e. The molecule has 0 aliphatic carbocycles. The van der Waals surface area contributed by atoms with E-state index in [9.17, 15) is 9.59 Å². The number of hydrogen-bond acceptors (Lipinski definition) is 3. The predicted octanol–water partition coefficient (Wildman–Crippen LogP) is 3.54. The maximum Gasteiger partial charge on any atom is 0.264 e. The first-order chi connectivity index (χ1) is 9.59. The van der Waals surface area contributed by atoms with Gasteiger partial charge in [0, 0.05) is 16.6 Å². The highest BCUT2D eigenvalue weighted by Gasteiger charge is 2.17. The Morgan fingerprint density at radius 2 is 1.90 bits per heavy atom. The Balaban J connectivity index is 2.48. The lowest BCUT2D eigenvalue weighted by Gasteiger charge is -2.08. The van der Waals surface area contributed by atoms with Crippen LogP contribution in [0, 0.1) is 6.92 Å². The Morgan fingerprint density at radius 3 is 2.55 bits per heavy atom. The molecule has 4 heteroatoms. The molecule has 3 rings (SSSR count). The molecule has 0 atom stereocenters. The number of aryl methyl sites for hydroxylation is 1. The van der Waals surface area contributed by atoms with Crippen molar-refractivity contribution in [3.05, 3.63) is 63.4 Å². The minimum absolute atomic E-state index is 0.0884. The second-order valence-electron chi connectivity index (χ2n) is 4.71. The molecular weight excluding hydrogens is 270 g/mol. The molecule has 0 saturated carbocycles. The SMILES string of the molecule is CC(=O)c1cc2scc(C)n2c(=O)c1-c1ccccc1. The first-order valence-electron chi connectivity index (χ1n) is 6.30. The van der Waals surface area contributed by atoms with E-state index in [0.717, 1.165) is 16.1 Å². The van der Waals surface area contributed by atoms with E-state index in [0.29, 0.717) is 11.1 Å². The zero-order chi connectivity index (χ0) is 14.3. The van der Waals surface area contributed by atoms with Crippen LogP contribution in [0.3, 0.4) is 0 Å². The molecule has 0 radical (unpaired) electrons. The van der Waals surface area contributed by atoms with Crippen LogP contribution < -0.4 is 5.56 Å². The summed E-state index contributed by atoms with van der Waals surface area (Å²) in [5.41, 5.74) is 2.52. The van der Waals surface area contributed by atoms with Crippen molar-refractivity contribution in [1.29, 1.82) is 0 Å². The van der Waals surface area contributed by atoms with Gasteiger partial charge in [-0.1, -0.05) is 30.3 Å². The molecule has 2 heterocycles. The van der Waals surface area contributed by atoms with Crippen LogP contribution in [-0.4, -0.2) is 10.2 Å². The Bertz CT molecular complexity index is 859. The van der Waals surface area contributed by atoms with Gasteiger partial charge in [0.2, 0.25) is 0 Å². The number of rotatable bonds is 2. The van der Waals surface area contributed by atoms with Crippen LogP contribution in [0.5, 0.6) is 0 Å². The van der Waals surface area contributed by atoms with Crippen molar-refractivity contribution in [2.24, 2.45) is 0 Å².